The van der Waals surface area contributed by atoms with Crippen molar-refractivity contribution in [3.05, 3.63) is 73.2 Å². The van der Waals surface area contributed by atoms with Crippen LogP contribution in [0.15, 0.2) is 78.1 Å². The normalized spacial score (nSPS) is 14.6. The summed E-state index contributed by atoms with van der Waals surface area (Å²) in [4.78, 5) is 11.1. The summed E-state index contributed by atoms with van der Waals surface area (Å²) in [5.74, 6) is 0.928. The molecule has 2 aromatic heterocycles. The zero-order chi connectivity index (χ0) is 21.0. The third kappa shape index (κ3) is 4.09. The molecule has 156 valence electrons. The fourth-order valence-electron chi connectivity index (χ4n) is 3.77. The summed E-state index contributed by atoms with van der Waals surface area (Å²) in [7, 11) is -3.62. The van der Waals surface area contributed by atoms with Gasteiger partial charge in [0.25, 0.3) is 15.8 Å². The van der Waals surface area contributed by atoms with Gasteiger partial charge in [0.2, 0.25) is 0 Å². The number of hydrogen-bond acceptors (Lipinski definition) is 4. The highest BCUT2D eigenvalue weighted by molar-refractivity contribution is 7.92. The zero-order valence-electron chi connectivity index (χ0n) is 17.0. The maximum atomic E-state index is 13.1. The van der Waals surface area contributed by atoms with E-state index in [1.54, 1.807) is 12.3 Å². The second-order valence-electron chi connectivity index (χ2n) is 7.15. The lowest BCUT2D eigenvalue weighted by Crippen LogP contribution is -2.48. The molecule has 3 aromatic rings. The lowest BCUT2D eigenvalue weighted by molar-refractivity contribution is -0.377. The van der Waals surface area contributed by atoms with Crippen molar-refractivity contribution in [1.82, 2.24) is 0 Å². The summed E-state index contributed by atoms with van der Waals surface area (Å²) in [6, 6.07) is 16.9. The number of pyridine rings is 2. The Labute approximate surface area is 177 Å². The van der Waals surface area contributed by atoms with Gasteiger partial charge < -0.3 is 4.90 Å². The van der Waals surface area contributed by atoms with Crippen LogP contribution in [-0.4, -0.2) is 41.1 Å². The number of anilines is 3. The van der Waals surface area contributed by atoms with E-state index in [2.05, 4.69) is 31.9 Å². The van der Waals surface area contributed by atoms with Crippen LogP contribution in [-0.2, 0) is 10.0 Å². The summed E-state index contributed by atoms with van der Waals surface area (Å²) in [5, 5.41) is 0. The van der Waals surface area contributed by atoms with Gasteiger partial charge in [-0.15, -0.1) is 0 Å². The molecule has 1 fully saturated rings. The van der Waals surface area contributed by atoms with Crippen molar-refractivity contribution in [2.24, 2.45) is 0 Å². The first-order valence-electron chi connectivity index (χ1n) is 10.1. The van der Waals surface area contributed by atoms with Crippen LogP contribution in [0, 0.1) is 0 Å². The van der Waals surface area contributed by atoms with E-state index in [9.17, 15) is 8.42 Å². The maximum absolute atomic E-state index is 13.1. The van der Waals surface area contributed by atoms with Crippen LogP contribution in [0.4, 0.5) is 17.2 Å². The Morgan fingerprint density at radius 2 is 1.57 bits per heavy atom. The molecule has 3 heterocycles. The minimum atomic E-state index is -3.62. The zero-order valence-corrected chi connectivity index (χ0v) is 17.8. The first kappa shape index (κ1) is 20.2. The molecule has 1 aliphatic heterocycles. The van der Waals surface area contributed by atoms with E-state index in [0.717, 1.165) is 32.0 Å². The number of sulfonamides is 1. The Kier molecular flexibility index (Phi) is 5.85. The topological polar surface area (TPSA) is 72.1 Å². The van der Waals surface area contributed by atoms with Crippen molar-refractivity contribution >= 4 is 27.2 Å². The Balaban J connectivity index is 1.46. The van der Waals surface area contributed by atoms with Crippen LogP contribution < -0.4 is 24.1 Å². The molecule has 0 spiro atoms. The third-order valence-electron chi connectivity index (χ3n) is 5.37. The van der Waals surface area contributed by atoms with Crippen LogP contribution in [0.1, 0.15) is 6.92 Å². The number of H-pyrrole nitrogens is 2. The molecule has 4 rings (SSSR count). The Bertz CT molecular complexity index is 1050. The maximum Gasteiger partial charge on any atom is 0.274 e. The highest BCUT2D eigenvalue weighted by Crippen LogP contribution is 2.23. The lowest BCUT2D eigenvalue weighted by Gasteiger charge is -2.32. The second kappa shape index (κ2) is 8.71. The van der Waals surface area contributed by atoms with Crippen molar-refractivity contribution in [1.29, 1.82) is 0 Å². The molecule has 30 heavy (non-hydrogen) atoms. The molecule has 0 aliphatic carbocycles. The number of aromatic nitrogens is 2. The minimum Gasteiger partial charge on any atom is -0.363 e. The molecule has 0 bridgehead atoms. The quantitative estimate of drug-likeness (QED) is 0.604. The molecule has 1 saturated heterocycles. The fraction of sp³-hybridized carbons (Fsp3) is 0.273. The number of aromatic amines is 2. The highest BCUT2D eigenvalue weighted by atomic mass is 32.2. The molecule has 0 unspecified atom stereocenters. The largest absolute Gasteiger partial charge is 0.363 e. The van der Waals surface area contributed by atoms with Crippen molar-refractivity contribution < 1.29 is 18.4 Å². The van der Waals surface area contributed by atoms with Gasteiger partial charge in [-0.2, -0.15) is 0 Å². The van der Waals surface area contributed by atoms with Gasteiger partial charge in [0.05, 0.1) is 18.8 Å². The smallest absolute Gasteiger partial charge is 0.274 e. The predicted molar refractivity (Wildman–Crippen MR) is 117 cm³/mol. The SMILES string of the molecule is CCN(c1ccccc1)S(=O)(=O)c1ccc(N2CCN(c3cc[nH+]cc3)CC2)[nH+]c1. The van der Waals surface area contributed by atoms with Crippen LogP contribution in [0.3, 0.4) is 0 Å². The standard InChI is InChI=1S/C22H25N5O2S/c1-2-27(20-6-4-3-5-7-20)30(28,29)21-8-9-22(24-18-21)26-16-14-25(15-17-26)19-10-12-23-13-11-19/h3-13,18H,2,14-17H2,1H3/p+2. The van der Waals surface area contributed by atoms with Gasteiger partial charge in [-0.05, 0) is 25.1 Å². The first-order valence-corrected chi connectivity index (χ1v) is 11.6. The van der Waals surface area contributed by atoms with E-state index in [1.807, 2.05) is 55.7 Å². The molecule has 0 radical (unpaired) electrons. The molecule has 0 amide bonds. The summed E-state index contributed by atoms with van der Waals surface area (Å²) in [6.07, 6.45) is 5.46. The number of rotatable bonds is 6. The molecule has 1 aromatic carbocycles. The summed E-state index contributed by atoms with van der Waals surface area (Å²) >= 11 is 0. The average molecular weight is 426 g/mol. The van der Waals surface area contributed by atoms with Gasteiger partial charge in [0.15, 0.2) is 12.4 Å². The Morgan fingerprint density at radius 3 is 2.17 bits per heavy atom. The van der Waals surface area contributed by atoms with Gasteiger partial charge in [-0.3, -0.25) is 9.21 Å². The predicted octanol–water partition coefficient (Wildman–Crippen LogP) is 1.86. The third-order valence-corrected chi connectivity index (χ3v) is 7.27. The van der Waals surface area contributed by atoms with Crippen molar-refractivity contribution in [3.63, 3.8) is 0 Å². The van der Waals surface area contributed by atoms with Gasteiger partial charge in [-0.1, -0.05) is 18.2 Å². The van der Waals surface area contributed by atoms with E-state index >= 15 is 0 Å². The molecule has 0 atom stereocenters. The van der Waals surface area contributed by atoms with Gasteiger partial charge in [0.1, 0.15) is 24.2 Å². The van der Waals surface area contributed by atoms with Gasteiger partial charge in [0, 0.05) is 30.4 Å². The first-order chi connectivity index (χ1) is 14.6. The van der Waals surface area contributed by atoms with Crippen molar-refractivity contribution in [2.45, 2.75) is 11.8 Å². The average Bonchev–Trinajstić information content (AvgIpc) is 2.81. The van der Waals surface area contributed by atoms with Crippen LogP contribution in [0.5, 0.6) is 0 Å². The van der Waals surface area contributed by atoms with Crippen molar-refractivity contribution in [3.8, 4) is 0 Å². The van der Waals surface area contributed by atoms with Gasteiger partial charge in [-0.25, -0.2) is 18.4 Å². The number of para-hydroxylation sites is 1. The van der Waals surface area contributed by atoms with Crippen LogP contribution in [0.25, 0.3) is 0 Å². The molecule has 1 aliphatic rings. The molecule has 8 heteroatoms. The van der Waals surface area contributed by atoms with Crippen molar-refractivity contribution in [2.75, 3.05) is 46.8 Å². The monoisotopic (exact) mass is 425 g/mol. The fourth-order valence-corrected chi connectivity index (χ4v) is 5.21. The molecule has 2 N–H and O–H groups in total. The Morgan fingerprint density at radius 1 is 0.900 bits per heavy atom. The summed E-state index contributed by atoms with van der Waals surface area (Å²) < 4.78 is 27.7. The number of piperazine rings is 1. The van der Waals surface area contributed by atoms with Crippen LogP contribution in [0.2, 0.25) is 0 Å². The van der Waals surface area contributed by atoms with Crippen LogP contribution >= 0.6 is 0 Å². The number of hydrogen-bond donors (Lipinski definition) is 0. The number of nitrogens with one attached hydrogen (secondary N) is 2. The molecular formula is C22H27N5O2S+2. The van der Waals surface area contributed by atoms with E-state index < -0.39 is 10.0 Å². The molecular weight excluding hydrogens is 398 g/mol. The van der Waals surface area contributed by atoms with E-state index in [-0.39, 0.29) is 4.90 Å². The van der Waals surface area contributed by atoms with E-state index in [0.29, 0.717) is 12.2 Å². The summed E-state index contributed by atoms with van der Waals surface area (Å²) in [6.45, 7) is 5.77. The lowest BCUT2D eigenvalue weighted by atomic mass is 10.2. The number of nitrogens with zero attached hydrogens (tertiary/aromatic N) is 3. The molecule has 7 nitrogen and oxygen atoms in total. The minimum absolute atomic E-state index is 0.260. The summed E-state index contributed by atoms with van der Waals surface area (Å²) in [5.41, 5.74) is 1.87. The van der Waals surface area contributed by atoms with Gasteiger partial charge >= 0.3 is 0 Å². The van der Waals surface area contributed by atoms with E-state index in [1.165, 1.54) is 9.99 Å². The Hall–Kier alpha value is -3.13. The number of benzene rings is 1. The highest BCUT2D eigenvalue weighted by Gasteiger charge is 2.27. The second-order valence-corrected chi connectivity index (χ2v) is 9.01. The van der Waals surface area contributed by atoms with E-state index in [4.69, 9.17) is 0 Å². The molecule has 0 saturated carbocycles.